The summed E-state index contributed by atoms with van der Waals surface area (Å²) in [5.41, 5.74) is 0.869. The predicted octanol–water partition coefficient (Wildman–Crippen LogP) is 2.79. The first-order valence-corrected chi connectivity index (χ1v) is 5.20. The van der Waals surface area contributed by atoms with Gasteiger partial charge in [0.05, 0.1) is 6.54 Å². The number of halogens is 1. The monoisotopic (exact) mass is 255 g/mol. The molecule has 0 N–H and O–H groups in total. The van der Waals surface area contributed by atoms with Crippen molar-refractivity contribution in [2.75, 3.05) is 11.4 Å². The highest BCUT2D eigenvalue weighted by molar-refractivity contribution is 9.10. The standard InChI is InChI=1S/C10H10BrNO2/c1-7-6-12(10(13)14-7)9-4-2-3-8(11)5-9/h2-5,7H,6H2,1H3. The molecule has 1 atom stereocenters. The summed E-state index contributed by atoms with van der Waals surface area (Å²) in [7, 11) is 0. The maximum absolute atomic E-state index is 11.4. The van der Waals surface area contributed by atoms with Crippen LogP contribution >= 0.6 is 15.9 Å². The van der Waals surface area contributed by atoms with E-state index < -0.39 is 0 Å². The van der Waals surface area contributed by atoms with Gasteiger partial charge in [-0.15, -0.1) is 0 Å². The zero-order valence-electron chi connectivity index (χ0n) is 7.74. The maximum Gasteiger partial charge on any atom is 0.414 e. The van der Waals surface area contributed by atoms with E-state index in [1.807, 2.05) is 31.2 Å². The van der Waals surface area contributed by atoms with Crippen molar-refractivity contribution in [3.63, 3.8) is 0 Å². The molecule has 1 unspecified atom stereocenters. The zero-order chi connectivity index (χ0) is 10.1. The minimum Gasteiger partial charge on any atom is -0.444 e. The number of benzene rings is 1. The van der Waals surface area contributed by atoms with Crippen molar-refractivity contribution in [1.29, 1.82) is 0 Å². The van der Waals surface area contributed by atoms with E-state index in [1.165, 1.54) is 0 Å². The number of amides is 1. The van der Waals surface area contributed by atoms with Crippen molar-refractivity contribution >= 4 is 27.7 Å². The quantitative estimate of drug-likeness (QED) is 0.773. The molecule has 14 heavy (non-hydrogen) atoms. The number of hydrogen-bond acceptors (Lipinski definition) is 2. The molecule has 2 rings (SSSR count). The maximum atomic E-state index is 11.4. The van der Waals surface area contributed by atoms with Gasteiger partial charge in [-0.05, 0) is 25.1 Å². The van der Waals surface area contributed by atoms with E-state index in [-0.39, 0.29) is 12.2 Å². The fourth-order valence-electron chi connectivity index (χ4n) is 1.46. The molecule has 3 nitrogen and oxygen atoms in total. The molecule has 1 heterocycles. The second-order valence-electron chi connectivity index (χ2n) is 3.28. The van der Waals surface area contributed by atoms with Gasteiger partial charge in [0, 0.05) is 10.2 Å². The van der Waals surface area contributed by atoms with Crippen molar-refractivity contribution in [3.8, 4) is 0 Å². The summed E-state index contributed by atoms with van der Waals surface area (Å²) in [5, 5.41) is 0. The first-order valence-electron chi connectivity index (χ1n) is 4.40. The lowest BCUT2D eigenvalue weighted by atomic mass is 10.3. The average molecular weight is 256 g/mol. The van der Waals surface area contributed by atoms with Gasteiger partial charge in [0.15, 0.2) is 0 Å². The Bertz CT molecular complexity index is 367. The van der Waals surface area contributed by atoms with Gasteiger partial charge in [-0.25, -0.2) is 4.79 Å². The van der Waals surface area contributed by atoms with Crippen molar-refractivity contribution in [2.45, 2.75) is 13.0 Å². The number of carbonyl (C=O) groups excluding carboxylic acids is 1. The van der Waals surface area contributed by atoms with Crippen LogP contribution in [0.15, 0.2) is 28.7 Å². The Kier molecular flexibility index (Phi) is 2.46. The Morgan fingerprint density at radius 2 is 2.36 bits per heavy atom. The van der Waals surface area contributed by atoms with Crippen LogP contribution in [0.1, 0.15) is 6.92 Å². The molecule has 4 heteroatoms. The summed E-state index contributed by atoms with van der Waals surface area (Å²) in [5.74, 6) is 0. The van der Waals surface area contributed by atoms with E-state index in [4.69, 9.17) is 4.74 Å². The molecule has 1 aliphatic heterocycles. The SMILES string of the molecule is CC1CN(c2cccc(Br)c2)C(=O)O1. The normalized spacial score (nSPS) is 21.1. The van der Waals surface area contributed by atoms with Crippen LogP contribution in [0.3, 0.4) is 0 Å². The highest BCUT2D eigenvalue weighted by Crippen LogP contribution is 2.24. The lowest BCUT2D eigenvalue weighted by Gasteiger charge is -2.12. The van der Waals surface area contributed by atoms with Crippen LogP contribution in [-0.2, 0) is 4.74 Å². The van der Waals surface area contributed by atoms with E-state index in [0.29, 0.717) is 6.54 Å². The third-order valence-electron chi connectivity index (χ3n) is 2.08. The summed E-state index contributed by atoms with van der Waals surface area (Å²) < 4.78 is 6.00. The fourth-order valence-corrected chi connectivity index (χ4v) is 1.85. The van der Waals surface area contributed by atoms with Crippen molar-refractivity contribution in [1.82, 2.24) is 0 Å². The van der Waals surface area contributed by atoms with Gasteiger partial charge in [-0.3, -0.25) is 4.90 Å². The highest BCUT2D eigenvalue weighted by atomic mass is 79.9. The van der Waals surface area contributed by atoms with Gasteiger partial charge in [-0.2, -0.15) is 0 Å². The minimum atomic E-state index is -0.268. The zero-order valence-corrected chi connectivity index (χ0v) is 9.32. The second-order valence-corrected chi connectivity index (χ2v) is 4.20. The van der Waals surface area contributed by atoms with Gasteiger partial charge in [-0.1, -0.05) is 22.0 Å². The van der Waals surface area contributed by atoms with E-state index in [9.17, 15) is 4.79 Å². The molecule has 0 aliphatic carbocycles. The Labute approximate surface area is 90.8 Å². The number of cyclic esters (lactones) is 1. The molecule has 0 bridgehead atoms. The third kappa shape index (κ3) is 1.75. The molecule has 0 spiro atoms. The summed E-state index contributed by atoms with van der Waals surface area (Å²) >= 11 is 3.37. The van der Waals surface area contributed by atoms with Gasteiger partial charge < -0.3 is 4.74 Å². The molecule has 74 valence electrons. The van der Waals surface area contributed by atoms with Crippen LogP contribution in [-0.4, -0.2) is 18.7 Å². The van der Waals surface area contributed by atoms with Gasteiger partial charge in [0.2, 0.25) is 0 Å². The first-order chi connectivity index (χ1) is 6.66. The van der Waals surface area contributed by atoms with E-state index >= 15 is 0 Å². The Balaban J connectivity index is 2.27. The molecule has 1 aliphatic rings. The molecule has 0 aromatic heterocycles. The van der Waals surface area contributed by atoms with Crippen LogP contribution in [0.25, 0.3) is 0 Å². The lowest BCUT2D eigenvalue weighted by molar-refractivity contribution is 0.150. The van der Waals surface area contributed by atoms with E-state index in [0.717, 1.165) is 10.2 Å². The van der Waals surface area contributed by atoms with Gasteiger partial charge >= 0.3 is 6.09 Å². The van der Waals surface area contributed by atoms with Crippen molar-refractivity contribution in [2.24, 2.45) is 0 Å². The van der Waals surface area contributed by atoms with Crippen molar-refractivity contribution < 1.29 is 9.53 Å². The third-order valence-corrected chi connectivity index (χ3v) is 2.58. The largest absolute Gasteiger partial charge is 0.444 e. The molecule has 0 saturated carbocycles. The number of hydrogen-bond donors (Lipinski definition) is 0. The van der Waals surface area contributed by atoms with Crippen LogP contribution in [0.4, 0.5) is 10.5 Å². The van der Waals surface area contributed by atoms with Gasteiger partial charge in [0.25, 0.3) is 0 Å². The topological polar surface area (TPSA) is 29.5 Å². The van der Waals surface area contributed by atoms with Crippen LogP contribution in [0.5, 0.6) is 0 Å². The predicted molar refractivity (Wildman–Crippen MR) is 57.4 cm³/mol. The number of ether oxygens (including phenoxy) is 1. The smallest absolute Gasteiger partial charge is 0.414 e. The Hall–Kier alpha value is -1.03. The fraction of sp³-hybridized carbons (Fsp3) is 0.300. The molecule has 1 aromatic rings. The van der Waals surface area contributed by atoms with E-state index in [2.05, 4.69) is 15.9 Å². The molecular formula is C10H10BrNO2. The van der Waals surface area contributed by atoms with Crippen LogP contribution in [0, 0.1) is 0 Å². The van der Waals surface area contributed by atoms with E-state index in [1.54, 1.807) is 4.90 Å². The number of nitrogens with zero attached hydrogens (tertiary/aromatic N) is 1. The highest BCUT2D eigenvalue weighted by Gasteiger charge is 2.29. The Morgan fingerprint density at radius 1 is 1.57 bits per heavy atom. The number of carbonyl (C=O) groups is 1. The van der Waals surface area contributed by atoms with Crippen LogP contribution < -0.4 is 4.90 Å². The lowest BCUT2D eigenvalue weighted by Crippen LogP contribution is -2.23. The average Bonchev–Trinajstić information content (AvgIpc) is 2.45. The Morgan fingerprint density at radius 3 is 2.93 bits per heavy atom. The summed E-state index contributed by atoms with van der Waals surface area (Å²) in [4.78, 5) is 13.0. The molecule has 0 radical (unpaired) electrons. The second kappa shape index (κ2) is 3.61. The molecule has 1 amide bonds. The molecule has 1 fully saturated rings. The van der Waals surface area contributed by atoms with Gasteiger partial charge in [0.1, 0.15) is 6.10 Å². The summed E-state index contributed by atoms with van der Waals surface area (Å²) in [6, 6.07) is 7.62. The minimum absolute atomic E-state index is 0.0264. The molecular weight excluding hydrogens is 246 g/mol. The number of anilines is 1. The summed E-state index contributed by atoms with van der Waals surface area (Å²) in [6.07, 6.45) is -0.294. The molecule has 1 saturated heterocycles. The van der Waals surface area contributed by atoms with Crippen molar-refractivity contribution in [3.05, 3.63) is 28.7 Å². The van der Waals surface area contributed by atoms with Crippen LogP contribution in [0.2, 0.25) is 0 Å². The molecule has 1 aromatic carbocycles. The first kappa shape index (κ1) is 9.52. The summed E-state index contributed by atoms with van der Waals surface area (Å²) in [6.45, 7) is 2.51. The number of rotatable bonds is 1.